The molecule has 12 heteroatoms. The molecule has 0 aromatic carbocycles. The Labute approximate surface area is 321 Å². The van der Waals surface area contributed by atoms with E-state index in [1.165, 1.54) is 64.2 Å². The smallest absolute Gasteiger partial charge is 0.472 e. The zero-order valence-corrected chi connectivity index (χ0v) is 34.0. The van der Waals surface area contributed by atoms with E-state index in [0.29, 0.717) is 12.8 Å². The molecule has 3 atom stereocenters. The second-order valence-electron chi connectivity index (χ2n) is 13.8. The first-order valence-electron chi connectivity index (χ1n) is 20.5. The van der Waals surface area contributed by atoms with Crippen molar-refractivity contribution < 1.29 is 47.5 Å². The Morgan fingerprint density at radius 2 is 1.02 bits per heavy atom. The summed E-state index contributed by atoms with van der Waals surface area (Å²) in [6.45, 7) is 2.72. The standard InChI is InChI=1S/C41H74NO10P/c1-3-5-7-9-11-13-15-17-19-21-23-25-27-29-31-33-40(44)52-37(35-50-53(47,48)51-36-38(42)41(45)46)34-49-39(43)32-30-28-26-24-22-20-18-16-14-12-10-8-6-4-2/h10,12,16,18,21,23,37-38H,3-9,11,13-15,17,19-20,22,24-36,42H2,1-2H3,(H,45,46)(H,47,48)/b12-10+,18-16+,23-21+/t37-,38+/m1/s1. The molecular weight excluding hydrogens is 697 g/mol. The summed E-state index contributed by atoms with van der Waals surface area (Å²) in [5, 5.41) is 8.87. The number of aliphatic carboxylic acids is 1. The van der Waals surface area contributed by atoms with Gasteiger partial charge in [-0.05, 0) is 64.2 Å². The minimum Gasteiger partial charge on any atom is -0.480 e. The molecule has 0 heterocycles. The zero-order valence-electron chi connectivity index (χ0n) is 33.1. The molecule has 53 heavy (non-hydrogen) atoms. The fourth-order valence-electron chi connectivity index (χ4n) is 5.31. The summed E-state index contributed by atoms with van der Waals surface area (Å²) < 4.78 is 32.6. The quantitative estimate of drug-likeness (QED) is 0.0236. The lowest BCUT2D eigenvalue weighted by molar-refractivity contribution is -0.161. The summed E-state index contributed by atoms with van der Waals surface area (Å²) in [5.74, 6) is -2.42. The predicted molar refractivity (Wildman–Crippen MR) is 212 cm³/mol. The van der Waals surface area contributed by atoms with Crippen molar-refractivity contribution >= 4 is 25.7 Å². The lowest BCUT2D eigenvalue weighted by Gasteiger charge is -2.20. The van der Waals surface area contributed by atoms with Crippen LogP contribution in [0.4, 0.5) is 0 Å². The third-order valence-electron chi connectivity index (χ3n) is 8.61. The number of carboxylic acids is 1. The third kappa shape index (κ3) is 36.4. The molecule has 0 fully saturated rings. The number of nitrogens with two attached hydrogens (primary N) is 1. The Bertz CT molecular complexity index is 1050. The first kappa shape index (κ1) is 50.7. The van der Waals surface area contributed by atoms with Crippen molar-refractivity contribution in [3.05, 3.63) is 36.5 Å². The van der Waals surface area contributed by atoms with Crippen LogP contribution in [-0.4, -0.2) is 59.9 Å². The average Bonchev–Trinajstić information content (AvgIpc) is 3.13. The minimum absolute atomic E-state index is 0.138. The number of hydrogen-bond acceptors (Lipinski definition) is 9. The van der Waals surface area contributed by atoms with Crippen LogP contribution in [0.5, 0.6) is 0 Å². The number of unbranched alkanes of at least 4 members (excludes halogenated alkanes) is 18. The Hall–Kier alpha value is -2.30. The van der Waals surface area contributed by atoms with Crippen molar-refractivity contribution in [3.8, 4) is 0 Å². The molecule has 0 aromatic heterocycles. The Balaban J connectivity index is 4.45. The van der Waals surface area contributed by atoms with Crippen LogP contribution < -0.4 is 5.73 Å². The summed E-state index contributed by atoms with van der Waals surface area (Å²) in [7, 11) is -4.72. The van der Waals surface area contributed by atoms with Gasteiger partial charge in [-0.1, -0.05) is 134 Å². The predicted octanol–water partition coefficient (Wildman–Crippen LogP) is 10.4. The number of phosphoric acid groups is 1. The molecule has 0 bridgehead atoms. The normalized spacial score (nSPS) is 14.2. The fraction of sp³-hybridized carbons (Fsp3) is 0.780. The molecule has 0 saturated heterocycles. The van der Waals surface area contributed by atoms with Crippen LogP contribution in [0, 0.1) is 0 Å². The topological polar surface area (TPSA) is 172 Å². The van der Waals surface area contributed by atoms with Gasteiger partial charge in [-0.2, -0.15) is 0 Å². The molecule has 308 valence electrons. The van der Waals surface area contributed by atoms with Crippen LogP contribution in [0.1, 0.15) is 174 Å². The molecule has 0 radical (unpaired) electrons. The molecule has 0 aliphatic rings. The first-order chi connectivity index (χ1) is 25.6. The van der Waals surface area contributed by atoms with Crippen LogP contribution >= 0.6 is 7.82 Å². The molecule has 0 amide bonds. The number of esters is 2. The summed E-state index contributed by atoms with van der Waals surface area (Å²) >= 11 is 0. The molecule has 0 aliphatic carbocycles. The number of carbonyl (C=O) groups excluding carboxylic acids is 2. The second kappa shape index (κ2) is 36.7. The van der Waals surface area contributed by atoms with E-state index in [9.17, 15) is 23.8 Å². The van der Waals surface area contributed by atoms with Crippen LogP contribution in [0.2, 0.25) is 0 Å². The molecule has 1 unspecified atom stereocenters. The van der Waals surface area contributed by atoms with Gasteiger partial charge in [-0.15, -0.1) is 0 Å². The number of rotatable bonds is 38. The monoisotopic (exact) mass is 772 g/mol. The highest BCUT2D eigenvalue weighted by molar-refractivity contribution is 7.47. The lowest BCUT2D eigenvalue weighted by Crippen LogP contribution is -2.34. The van der Waals surface area contributed by atoms with Crippen molar-refractivity contribution in [2.75, 3.05) is 19.8 Å². The maximum absolute atomic E-state index is 12.6. The van der Waals surface area contributed by atoms with Crippen molar-refractivity contribution in [3.63, 3.8) is 0 Å². The van der Waals surface area contributed by atoms with Gasteiger partial charge in [-0.25, -0.2) is 4.57 Å². The summed E-state index contributed by atoms with van der Waals surface area (Å²) in [6.07, 6.45) is 37.8. The highest BCUT2D eigenvalue weighted by atomic mass is 31.2. The summed E-state index contributed by atoms with van der Waals surface area (Å²) in [6, 6.07) is -1.52. The van der Waals surface area contributed by atoms with E-state index in [1.807, 2.05) is 0 Å². The minimum atomic E-state index is -4.72. The first-order valence-corrected chi connectivity index (χ1v) is 22.0. The second-order valence-corrected chi connectivity index (χ2v) is 15.2. The number of carbonyl (C=O) groups is 3. The summed E-state index contributed by atoms with van der Waals surface area (Å²) in [4.78, 5) is 45.8. The Kier molecular flexibility index (Phi) is 35.1. The largest absolute Gasteiger partial charge is 0.480 e. The van der Waals surface area contributed by atoms with E-state index in [-0.39, 0.29) is 19.4 Å². The highest BCUT2D eigenvalue weighted by Gasteiger charge is 2.28. The van der Waals surface area contributed by atoms with E-state index in [1.54, 1.807) is 0 Å². The maximum Gasteiger partial charge on any atom is 0.472 e. The third-order valence-corrected chi connectivity index (χ3v) is 9.56. The van der Waals surface area contributed by atoms with Gasteiger partial charge in [0.05, 0.1) is 13.2 Å². The molecule has 0 saturated carbocycles. The average molecular weight is 772 g/mol. The lowest BCUT2D eigenvalue weighted by atomic mass is 10.1. The van der Waals surface area contributed by atoms with Crippen molar-refractivity contribution in [2.45, 2.75) is 187 Å². The van der Waals surface area contributed by atoms with Crippen LogP contribution in [-0.2, 0) is 37.5 Å². The number of phosphoric ester groups is 1. The van der Waals surface area contributed by atoms with Crippen molar-refractivity contribution in [1.29, 1.82) is 0 Å². The Morgan fingerprint density at radius 3 is 1.57 bits per heavy atom. The van der Waals surface area contributed by atoms with E-state index in [4.69, 9.17) is 24.8 Å². The van der Waals surface area contributed by atoms with Gasteiger partial charge in [-0.3, -0.25) is 23.4 Å². The maximum atomic E-state index is 12.6. The van der Waals surface area contributed by atoms with Gasteiger partial charge in [0.2, 0.25) is 0 Å². The molecule has 11 nitrogen and oxygen atoms in total. The molecular formula is C41H74NO10P. The number of carboxylic acid groups (broad SMARTS) is 1. The molecule has 0 rings (SSSR count). The molecule has 0 aromatic rings. The van der Waals surface area contributed by atoms with Crippen LogP contribution in [0.15, 0.2) is 36.5 Å². The molecule has 0 aliphatic heterocycles. The van der Waals surface area contributed by atoms with E-state index in [0.717, 1.165) is 70.6 Å². The van der Waals surface area contributed by atoms with Gasteiger partial charge < -0.3 is 25.2 Å². The van der Waals surface area contributed by atoms with Gasteiger partial charge >= 0.3 is 25.7 Å². The molecule has 0 spiro atoms. The van der Waals surface area contributed by atoms with Gasteiger partial charge in [0, 0.05) is 12.8 Å². The van der Waals surface area contributed by atoms with E-state index >= 15 is 0 Å². The van der Waals surface area contributed by atoms with Crippen molar-refractivity contribution in [1.82, 2.24) is 0 Å². The summed E-state index contributed by atoms with van der Waals surface area (Å²) in [5.41, 5.74) is 5.32. The number of allylic oxidation sites excluding steroid dienone is 6. The Morgan fingerprint density at radius 1 is 0.585 bits per heavy atom. The van der Waals surface area contributed by atoms with E-state index in [2.05, 4.69) is 54.8 Å². The number of hydrogen-bond donors (Lipinski definition) is 3. The SMILES string of the molecule is CCCC/C=C/C/C=C/CCCCCCCC(=O)OC[C@H](COP(=O)(O)OC[C@H](N)C(=O)O)OC(=O)CCCCC/C=C/CCCCCCCCCC. The van der Waals surface area contributed by atoms with Gasteiger partial charge in [0.15, 0.2) is 6.10 Å². The zero-order chi connectivity index (χ0) is 39.3. The highest BCUT2D eigenvalue weighted by Crippen LogP contribution is 2.43. The van der Waals surface area contributed by atoms with E-state index < -0.39 is 51.1 Å². The van der Waals surface area contributed by atoms with Crippen molar-refractivity contribution in [2.24, 2.45) is 5.73 Å². The van der Waals surface area contributed by atoms with Crippen LogP contribution in [0.3, 0.4) is 0 Å². The van der Waals surface area contributed by atoms with Crippen LogP contribution in [0.25, 0.3) is 0 Å². The molecule has 4 N–H and O–H groups in total. The van der Waals surface area contributed by atoms with Gasteiger partial charge in [0.25, 0.3) is 0 Å². The van der Waals surface area contributed by atoms with Gasteiger partial charge in [0.1, 0.15) is 12.6 Å². The number of ether oxygens (including phenoxy) is 2. The fourth-order valence-corrected chi connectivity index (χ4v) is 6.09.